The summed E-state index contributed by atoms with van der Waals surface area (Å²) in [7, 11) is 0. The molecule has 0 aliphatic rings. The lowest BCUT2D eigenvalue weighted by molar-refractivity contribution is 0.590. The highest BCUT2D eigenvalue weighted by molar-refractivity contribution is 9.10. The highest BCUT2D eigenvalue weighted by Gasteiger charge is 2.13. The zero-order valence-electron chi connectivity index (χ0n) is 10.9. The van der Waals surface area contributed by atoms with Crippen LogP contribution < -0.4 is 11.2 Å². The van der Waals surface area contributed by atoms with Gasteiger partial charge in [0.1, 0.15) is 10.6 Å². The molecule has 0 atom stereocenters. The van der Waals surface area contributed by atoms with Crippen molar-refractivity contribution in [1.82, 2.24) is 9.55 Å². The predicted molar refractivity (Wildman–Crippen MR) is 84.6 cm³/mol. The van der Waals surface area contributed by atoms with Gasteiger partial charge in [0.15, 0.2) is 0 Å². The third-order valence-electron chi connectivity index (χ3n) is 3.24. The van der Waals surface area contributed by atoms with E-state index in [0.29, 0.717) is 14.7 Å². The molecule has 3 aromatic rings. The van der Waals surface area contributed by atoms with Gasteiger partial charge in [-0.05, 0) is 30.0 Å². The second kappa shape index (κ2) is 5.23. The van der Waals surface area contributed by atoms with Crippen molar-refractivity contribution in [3.8, 4) is 0 Å². The van der Waals surface area contributed by atoms with Crippen LogP contribution in [-0.4, -0.2) is 9.55 Å². The van der Waals surface area contributed by atoms with Crippen LogP contribution >= 0.6 is 27.3 Å². The van der Waals surface area contributed by atoms with Gasteiger partial charge in [0.25, 0.3) is 5.56 Å². The largest absolute Gasteiger partial charge is 0.329 e. The number of hydrogen-bond donors (Lipinski definition) is 1. The second-order valence-electron chi connectivity index (χ2n) is 4.68. The molecule has 0 aliphatic carbocycles. The Morgan fingerprint density at radius 1 is 1.38 bits per heavy atom. The Balaban J connectivity index is 2.19. The van der Waals surface area contributed by atoms with E-state index in [4.69, 9.17) is 0 Å². The van der Waals surface area contributed by atoms with Crippen LogP contribution in [0.5, 0.6) is 0 Å². The number of fused-ring (bicyclic) bond motifs is 1. The minimum atomic E-state index is -0.531. The van der Waals surface area contributed by atoms with Gasteiger partial charge in [-0.3, -0.25) is 14.3 Å². The predicted octanol–water partition coefficient (Wildman–Crippen LogP) is 3.01. The van der Waals surface area contributed by atoms with E-state index in [-0.39, 0.29) is 12.1 Å². The Morgan fingerprint density at radius 2 is 2.14 bits per heavy atom. The molecular formula is C14H10BrFN2O2S. The number of halogens is 2. The number of nitrogens with one attached hydrogen (secondary N) is 1. The number of rotatable bonds is 2. The summed E-state index contributed by atoms with van der Waals surface area (Å²) in [5.41, 5.74) is 0.172. The second-order valence-corrected chi connectivity index (χ2v) is 6.48. The monoisotopic (exact) mass is 368 g/mol. The van der Waals surface area contributed by atoms with Gasteiger partial charge in [0.05, 0.1) is 11.9 Å². The summed E-state index contributed by atoms with van der Waals surface area (Å²) in [6.07, 6.45) is 0. The summed E-state index contributed by atoms with van der Waals surface area (Å²) in [6, 6.07) is 4.53. The molecule has 0 amide bonds. The molecule has 0 unspecified atom stereocenters. The molecule has 2 heterocycles. The summed E-state index contributed by atoms with van der Waals surface area (Å²) in [4.78, 5) is 27.7. The molecule has 0 saturated heterocycles. The van der Waals surface area contributed by atoms with Crippen LogP contribution in [0.1, 0.15) is 11.1 Å². The maximum Gasteiger partial charge on any atom is 0.329 e. The standard InChI is InChI=1S/C14H10BrFN2O2S/c1-7-6-21-12-11(7)13(19)18(14(20)17-12)5-8-2-3-9(15)4-10(8)16/h2-4,6H,5H2,1H3,(H,17,20). The Labute approximate surface area is 131 Å². The molecule has 108 valence electrons. The van der Waals surface area contributed by atoms with Gasteiger partial charge < -0.3 is 0 Å². The van der Waals surface area contributed by atoms with E-state index in [0.717, 1.165) is 10.1 Å². The topological polar surface area (TPSA) is 54.9 Å². The van der Waals surface area contributed by atoms with Crippen LogP contribution in [0.4, 0.5) is 4.39 Å². The quantitative estimate of drug-likeness (QED) is 0.755. The number of thiophene rings is 1. The molecular weight excluding hydrogens is 359 g/mol. The molecule has 0 aliphatic heterocycles. The van der Waals surface area contributed by atoms with Gasteiger partial charge in [0.2, 0.25) is 0 Å². The summed E-state index contributed by atoms with van der Waals surface area (Å²) in [5, 5.41) is 2.30. The van der Waals surface area contributed by atoms with Crippen LogP contribution in [0.3, 0.4) is 0 Å². The Morgan fingerprint density at radius 3 is 2.86 bits per heavy atom. The van der Waals surface area contributed by atoms with E-state index in [1.165, 1.54) is 17.4 Å². The van der Waals surface area contributed by atoms with Gasteiger partial charge in [0, 0.05) is 10.0 Å². The first kappa shape index (κ1) is 14.2. The number of aryl methyl sites for hydroxylation is 1. The van der Waals surface area contributed by atoms with Crippen LogP contribution in [0, 0.1) is 12.7 Å². The van der Waals surface area contributed by atoms with E-state index < -0.39 is 17.1 Å². The van der Waals surface area contributed by atoms with Gasteiger partial charge in [-0.2, -0.15) is 0 Å². The Kier molecular flexibility index (Phi) is 3.54. The molecule has 0 fully saturated rings. The molecule has 0 bridgehead atoms. The van der Waals surface area contributed by atoms with Crippen molar-refractivity contribution in [3.63, 3.8) is 0 Å². The number of hydrogen-bond acceptors (Lipinski definition) is 3. The average molecular weight is 369 g/mol. The number of nitrogens with zero attached hydrogens (tertiary/aromatic N) is 1. The number of aromatic amines is 1. The van der Waals surface area contributed by atoms with Gasteiger partial charge >= 0.3 is 5.69 Å². The molecule has 0 radical (unpaired) electrons. The fourth-order valence-electron chi connectivity index (χ4n) is 2.16. The van der Waals surface area contributed by atoms with Crippen LogP contribution in [-0.2, 0) is 6.54 Å². The lowest BCUT2D eigenvalue weighted by Crippen LogP contribution is -2.35. The number of benzene rings is 1. The summed E-state index contributed by atoms with van der Waals surface area (Å²) in [6.45, 7) is 1.71. The van der Waals surface area contributed by atoms with E-state index in [1.807, 2.05) is 12.3 Å². The fraction of sp³-hybridized carbons (Fsp3) is 0.143. The van der Waals surface area contributed by atoms with E-state index in [9.17, 15) is 14.0 Å². The van der Waals surface area contributed by atoms with Crippen molar-refractivity contribution >= 4 is 37.5 Å². The zero-order chi connectivity index (χ0) is 15.1. The van der Waals surface area contributed by atoms with Crippen LogP contribution in [0.25, 0.3) is 10.2 Å². The van der Waals surface area contributed by atoms with Crippen molar-refractivity contribution in [2.45, 2.75) is 13.5 Å². The van der Waals surface area contributed by atoms with E-state index in [1.54, 1.807) is 12.1 Å². The molecule has 0 spiro atoms. The summed E-state index contributed by atoms with van der Waals surface area (Å²) < 4.78 is 15.5. The molecule has 3 rings (SSSR count). The number of aromatic nitrogens is 2. The zero-order valence-corrected chi connectivity index (χ0v) is 13.3. The Hall–Kier alpha value is -1.73. The van der Waals surface area contributed by atoms with Crippen molar-refractivity contribution in [2.24, 2.45) is 0 Å². The maximum atomic E-state index is 13.9. The molecule has 4 nitrogen and oxygen atoms in total. The minimum Gasteiger partial charge on any atom is -0.298 e. The van der Waals surface area contributed by atoms with Crippen molar-refractivity contribution < 1.29 is 4.39 Å². The third-order valence-corrected chi connectivity index (χ3v) is 4.75. The van der Waals surface area contributed by atoms with Crippen LogP contribution in [0.15, 0.2) is 37.6 Å². The Bertz CT molecular complexity index is 958. The average Bonchev–Trinajstić information content (AvgIpc) is 2.78. The normalized spacial score (nSPS) is 11.2. The summed E-state index contributed by atoms with van der Waals surface area (Å²) in [5.74, 6) is -0.460. The van der Waals surface area contributed by atoms with Crippen molar-refractivity contribution in [3.05, 3.63) is 65.8 Å². The van der Waals surface area contributed by atoms with Crippen LogP contribution in [0.2, 0.25) is 0 Å². The van der Waals surface area contributed by atoms with Crippen molar-refractivity contribution in [1.29, 1.82) is 0 Å². The molecule has 1 N–H and O–H groups in total. The molecule has 0 saturated carbocycles. The van der Waals surface area contributed by atoms with Crippen molar-refractivity contribution in [2.75, 3.05) is 0 Å². The van der Waals surface area contributed by atoms with Gasteiger partial charge in [-0.15, -0.1) is 11.3 Å². The minimum absolute atomic E-state index is 0.0987. The maximum absolute atomic E-state index is 13.9. The number of H-pyrrole nitrogens is 1. The van der Waals surface area contributed by atoms with E-state index in [2.05, 4.69) is 20.9 Å². The van der Waals surface area contributed by atoms with E-state index >= 15 is 0 Å². The molecule has 7 heteroatoms. The highest BCUT2D eigenvalue weighted by atomic mass is 79.9. The smallest absolute Gasteiger partial charge is 0.298 e. The summed E-state index contributed by atoms with van der Waals surface area (Å²) >= 11 is 4.49. The first-order chi connectivity index (χ1) is 9.97. The first-order valence-corrected chi connectivity index (χ1v) is 7.79. The lowest BCUT2D eigenvalue weighted by Gasteiger charge is -2.07. The third kappa shape index (κ3) is 2.47. The first-order valence-electron chi connectivity index (χ1n) is 6.12. The van der Waals surface area contributed by atoms with Gasteiger partial charge in [-0.25, -0.2) is 9.18 Å². The molecule has 1 aromatic carbocycles. The molecule has 2 aromatic heterocycles. The lowest BCUT2D eigenvalue weighted by atomic mass is 10.2. The molecule has 21 heavy (non-hydrogen) atoms. The highest BCUT2D eigenvalue weighted by Crippen LogP contribution is 2.19. The van der Waals surface area contributed by atoms with Gasteiger partial charge in [-0.1, -0.05) is 22.0 Å². The fourth-order valence-corrected chi connectivity index (χ4v) is 3.42. The SMILES string of the molecule is Cc1csc2[nH]c(=O)n(Cc3ccc(Br)cc3F)c(=O)c12.